The number of nitrogen functional groups attached to an aromatic ring is 1. The van der Waals surface area contributed by atoms with E-state index in [4.69, 9.17) is 22.1 Å². The summed E-state index contributed by atoms with van der Waals surface area (Å²) in [5.74, 6) is -0.161. The molecule has 0 aliphatic carbocycles. The summed E-state index contributed by atoms with van der Waals surface area (Å²) in [6.07, 6.45) is 1.14. The van der Waals surface area contributed by atoms with Gasteiger partial charge in [-0.05, 0) is 38.0 Å². The first kappa shape index (κ1) is 14.6. The molecule has 0 saturated heterocycles. The summed E-state index contributed by atoms with van der Waals surface area (Å²) in [6.45, 7) is 4.88. The maximum atomic E-state index is 11.1. The lowest BCUT2D eigenvalue weighted by molar-refractivity contribution is -0.143. The van der Waals surface area contributed by atoms with Crippen LogP contribution >= 0.6 is 11.6 Å². The standard InChI is InChI=1S/C13H19ClN2O2/c1-3-18-13(17)5-4-6-16-12-8-10(14)11(15)7-9(12)2/h7-8,16H,3-6,15H2,1-2H3. The Kier molecular flexibility index (Phi) is 5.78. The Bertz CT molecular complexity index is 422. The average Bonchev–Trinajstić information content (AvgIpc) is 2.31. The molecule has 0 unspecified atom stereocenters. The van der Waals surface area contributed by atoms with Gasteiger partial charge in [-0.3, -0.25) is 4.79 Å². The van der Waals surface area contributed by atoms with Gasteiger partial charge in [0.15, 0.2) is 0 Å². The maximum Gasteiger partial charge on any atom is 0.305 e. The average molecular weight is 271 g/mol. The molecule has 4 nitrogen and oxygen atoms in total. The number of anilines is 2. The first-order valence-electron chi connectivity index (χ1n) is 5.99. The van der Waals surface area contributed by atoms with Gasteiger partial charge < -0.3 is 15.8 Å². The molecule has 100 valence electrons. The van der Waals surface area contributed by atoms with Crippen LogP contribution in [0.1, 0.15) is 25.3 Å². The Balaban J connectivity index is 2.40. The monoisotopic (exact) mass is 270 g/mol. The lowest BCUT2D eigenvalue weighted by atomic mass is 10.1. The summed E-state index contributed by atoms with van der Waals surface area (Å²) in [5.41, 5.74) is 8.25. The molecule has 0 bridgehead atoms. The van der Waals surface area contributed by atoms with E-state index in [0.717, 1.165) is 17.7 Å². The number of hydrogen-bond acceptors (Lipinski definition) is 4. The van der Waals surface area contributed by atoms with Gasteiger partial charge in [-0.1, -0.05) is 11.6 Å². The van der Waals surface area contributed by atoms with Crippen LogP contribution in [-0.4, -0.2) is 19.1 Å². The minimum atomic E-state index is -0.161. The number of benzene rings is 1. The van der Waals surface area contributed by atoms with Crippen molar-refractivity contribution in [3.05, 3.63) is 22.7 Å². The van der Waals surface area contributed by atoms with Crippen LogP contribution in [0.25, 0.3) is 0 Å². The highest BCUT2D eigenvalue weighted by Gasteiger charge is 2.04. The fraction of sp³-hybridized carbons (Fsp3) is 0.462. The van der Waals surface area contributed by atoms with Gasteiger partial charge in [0.25, 0.3) is 0 Å². The molecule has 0 atom stereocenters. The van der Waals surface area contributed by atoms with Crippen LogP contribution in [0.5, 0.6) is 0 Å². The van der Waals surface area contributed by atoms with E-state index in [9.17, 15) is 4.79 Å². The molecule has 0 aliphatic rings. The molecule has 0 saturated carbocycles. The van der Waals surface area contributed by atoms with Gasteiger partial charge in [0, 0.05) is 18.7 Å². The van der Waals surface area contributed by atoms with E-state index in [2.05, 4.69) is 5.32 Å². The molecule has 0 heterocycles. The van der Waals surface area contributed by atoms with Crippen LogP contribution in [0.15, 0.2) is 12.1 Å². The summed E-state index contributed by atoms with van der Waals surface area (Å²) in [7, 11) is 0. The molecule has 0 fully saturated rings. The molecule has 0 aromatic heterocycles. The Labute approximate surface area is 112 Å². The third-order valence-corrected chi connectivity index (χ3v) is 2.85. The van der Waals surface area contributed by atoms with Gasteiger partial charge in [0.2, 0.25) is 0 Å². The summed E-state index contributed by atoms with van der Waals surface area (Å²) >= 11 is 5.95. The normalized spacial score (nSPS) is 10.2. The van der Waals surface area contributed by atoms with Gasteiger partial charge in [-0.15, -0.1) is 0 Å². The molecule has 0 amide bonds. The molecule has 5 heteroatoms. The molecule has 1 rings (SSSR count). The molecular weight excluding hydrogens is 252 g/mol. The van der Waals surface area contributed by atoms with Crippen LogP contribution < -0.4 is 11.1 Å². The minimum Gasteiger partial charge on any atom is -0.466 e. The number of carbonyl (C=O) groups is 1. The van der Waals surface area contributed by atoms with Crippen LogP contribution in [0.4, 0.5) is 11.4 Å². The predicted molar refractivity (Wildman–Crippen MR) is 75.0 cm³/mol. The van der Waals surface area contributed by atoms with Crippen molar-refractivity contribution >= 4 is 28.9 Å². The number of esters is 1. The predicted octanol–water partition coefficient (Wildman–Crippen LogP) is 2.99. The highest BCUT2D eigenvalue weighted by molar-refractivity contribution is 6.33. The molecule has 1 aromatic rings. The van der Waals surface area contributed by atoms with Crippen LogP contribution in [-0.2, 0) is 9.53 Å². The lowest BCUT2D eigenvalue weighted by Crippen LogP contribution is -2.09. The summed E-state index contributed by atoms with van der Waals surface area (Å²) in [6, 6.07) is 3.63. The number of rotatable bonds is 6. The number of aryl methyl sites for hydroxylation is 1. The number of carbonyl (C=O) groups excluding carboxylic acids is 1. The van der Waals surface area contributed by atoms with E-state index < -0.39 is 0 Å². The van der Waals surface area contributed by atoms with E-state index in [1.54, 1.807) is 13.0 Å². The topological polar surface area (TPSA) is 64.3 Å². The highest BCUT2D eigenvalue weighted by atomic mass is 35.5. The smallest absolute Gasteiger partial charge is 0.305 e. The summed E-state index contributed by atoms with van der Waals surface area (Å²) in [5, 5.41) is 3.77. The molecule has 3 N–H and O–H groups in total. The SMILES string of the molecule is CCOC(=O)CCCNc1cc(Cl)c(N)cc1C. The van der Waals surface area contributed by atoms with E-state index in [0.29, 0.717) is 30.3 Å². The third-order valence-electron chi connectivity index (χ3n) is 2.52. The van der Waals surface area contributed by atoms with Crippen molar-refractivity contribution in [3.63, 3.8) is 0 Å². The molecule has 1 aromatic carbocycles. The maximum absolute atomic E-state index is 11.1. The van der Waals surface area contributed by atoms with Gasteiger partial charge in [0.1, 0.15) is 0 Å². The molecule has 0 radical (unpaired) electrons. The zero-order valence-corrected chi connectivity index (χ0v) is 11.5. The fourth-order valence-corrected chi connectivity index (χ4v) is 1.75. The van der Waals surface area contributed by atoms with Gasteiger partial charge in [-0.2, -0.15) is 0 Å². The van der Waals surface area contributed by atoms with Gasteiger partial charge in [0.05, 0.1) is 17.3 Å². The Morgan fingerprint density at radius 1 is 1.50 bits per heavy atom. The summed E-state index contributed by atoms with van der Waals surface area (Å²) < 4.78 is 4.85. The number of hydrogen-bond donors (Lipinski definition) is 2. The number of nitrogens with two attached hydrogens (primary N) is 1. The summed E-state index contributed by atoms with van der Waals surface area (Å²) in [4.78, 5) is 11.1. The molecule has 0 spiro atoms. The van der Waals surface area contributed by atoms with E-state index in [1.807, 2.05) is 13.0 Å². The van der Waals surface area contributed by atoms with Crippen LogP contribution in [0.3, 0.4) is 0 Å². The van der Waals surface area contributed by atoms with Crippen molar-refractivity contribution in [3.8, 4) is 0 Å². The molecule has 18 heavy (non-hydrogen) atoms. The molecule has 0 aliphatic heterocycles. The number of nitrogens with one attached hydrogen (secondary N) is 1. The fourth-order valence-electron chi connectivity index (χ4n) is 1.58. The number of halogens is 1. The van der Waals surface area contributed by atoms with E-state index >= 15 is 0 Å². The van der Waals surface area contributed by atoms with Crippen molar-refractivity contribution < 1.29 is 9.53 Å². The second kappa shape index (κ2) is 7.11. The van der Waals surface area contributed by atoms with Crippen molar-refractivity contribution in [2.24, 2.45) is 0 Å². The Hall–Kier alpha value is -1.42. The lowest BCUT2D eigenvalue weighted by Gasteiger charge is -2.11. The van der Waals surface area contributed by atoms with Crippen molar-refractivity contribution in [1.29, 1.82) is 0 Å². The second-order valence-electron chi connectivity index (χ2n) is 4.02. The first-order valence-corrected chi connectivity index (χ1v) is 6.37. The van der Waals surface area contributed by atoms with Crippen LogP contribution in [0, 0.1) is 6.92 Å². The zero-order valence-electron chi connectivity index (χ0n) is 10.8. The second-order valence-corrected chi connectivity index (χ2v) is 4.43. The van der Waals surface area contributed by atoms with Crippen molar-refractivity contribution in [2.45, 2.75) is 26.7 Å². The van der Waals surface area contributed by atoms with Crippen molar-refractivity contribution in [2.75, 3.05) is 24.2 Å². The Morgan fingerprint density at radius 2 is 2.22 bits per heavy atom. The van der Waals surface area contributed by atoms with E-state index in [1.165, 1.54) is 0 Å². The van der Waals surface area contributed by atoms with Gasteiger partial charge >= 0.3 is 5.97 Å². The number of ether oxygens (including phenoxy) is 1. The molecular formula is C13H19ClN2O2. The Morgan fingerprint density at radius 3 is 2.89 bits per heavy atom. The first-order chi connectivity index (χ1) is 8.54. The van der Waals surface area contributed by atoms with Crippen molar-refractivity contribution in [1.82, 2.24) is 0 Å². The largest absolute Gasteiger partial charge is 0.466 e. The third kappa shape index (κ3) is 4.45. The zero-order chi connectivity index (χ0) is 13.5. The van der Waals surface area contributed by atoms with Gasteiger partial charge in [-0.25, -0.2) is 0 Å². The van der Waals surface area contributed by atoms with Crippen LogP contribution in [0.2, 0.25) is 5.02 Å². The van der Waals surface area contributed by atoms with E-state index in [-0.39, 0.29) is 5.97 Å². The minimum absolute atomic E-state index is 0.161. The quantitative estimate of drug-likeness (QED) is 0.474. The highest BCUT2D eigenvalue weighted by Crippen LogP contribution is 2.26.